The Balaban J connectivity index is 1.92. The molecule has 2 aromatic rings. The number of nitrogens with one attached hydrogen (secondary N) is 2. The molecular formula is C14H19N3. The fourth-order valence-corrected chi connectivity index (χ4v) is 1.77. The van der Waals surface area contributed by atoms with Crippen LogP contribution in [0.3, 0.4) is 0 Å². The van der Waals surface area contributed by atoms with E-state index < -0.39 is 0 Å². The SMILES string of the molecule is CCCCCNc1cc(-c2ccccc2)n[nH]1. The number of aromatic nitrogens is 2. The summed E-state index contributed by atoms with van der Waals surface area (Å²) >= 11 is 0. The van der Waals surface area contributed by atoms with Crippen molar-refractivity contribution in [3.8, 4) is 11.3 Å². The molecule has 90 valence electrons. The van der Waals surface area contributed by atoms with Crippen molar-refractivity contribution in [1.29, 1.82) is 0 Å². The van der Waals surface area contributed by atoms with E-state index in [4.69, 9.17) is 0 Å². The van der Waals surface area contributed by atoms with E-state index >= 15 is 0 Å². The number of aromatic amines is 1. The van der Waals surface area contributed by atoms with E-state index in [1.54, 1.807) is 0 Å². The van der Waals surface area contributed by atoms with Gasteiger partial charge in [-0.25, -0.2) is 0 Å². The van der Waals surface area contributed by atoms with Gasteiger partial charge in [0.2, 0.25) is 0 Å². The standard InChI is InChI=1S/C14H19N3/c1-2-3-7-10-15-14-11-13(16-17-14)12-8-5-4-6-9-12/h4-6,8-9,11H,2-3,7,10H2,1H3,(H2,15,16,17). The Morgan fingerprint density at radius 1 is 1.18 bits per heavy atom. The third-order valence-corrected chi connectivity index (χ3v) is 2.74. The molecule has 0 bridgehead atoms. The van der Waals surface area contributed by atoms with Crippen molar-refractivity contribution in [2.45, 2.75) is 26.2 Å². The Kier molecular flexibility index (Phi) is 4.19. The summed E-state index contributed by atoms with van der Waals surface area (Å²) in [6.45, 7) is 3.22. The third-order valence-electron chi connectivity index (χ3n) is 2.74. The topological polar surface area (TPSA) is 40.7 Å². The Bertz CT molecular complexity index is 434. The van der Waals surface area contributed by atoms with Crippen LogP contribution < -0.4 is 5.32 Å². The molecular weight excluding hydrogens is 210 g/mol. The number of hydrogen-bond acceptors (Lipinski definition) is 2. The zero-order valence-corrected chi connectivity index (χ0v) is 10.2. The number of unbranched alkanes of at least 4 members (excludes halogenated alkanes) is 2. The number of H-pyrrole nitrogens is 1. The van der Waals surface area contributed by atoms with Crippen molar-refractivity contribution >= 4 is 5.82 Å². The maximum atomic E-state index is 4.30. The van der Waals surface area contributed by atoms with E-state index in [1.807, 2.05) is 18.2 Å². The molecule has 1 aromatic carbocycles. The van der Waals surface area contributed by atoms with Crippen LogP contribution in [-0.4, -0.2) is 16.7 Å². The summed E-state index contributed by atoms with van der Waals surface area (Å²) in [5.74, 6) is 1.000. The molecule has 0 unspecified atom stereocenters. The molecule has 17 heavy (non-hydrogen) atoms. The van der Waals surface area contributed by atoms with E-state index in [0.717, 1.165) is 23.6 Å². The quantitative estimate of drug-likeness (QED) is 0.742. The molecule has 0 amide bonds. The van der Waals surface area contributed by atoms with Crippen LogP contribution in [0.4, 0.5) is 5.82 Å². The molecule has 0 aliphatic heterocycles. The highest BCUT2D eigenvalue weighted by molar-refractivity contribution is 5.62. The highest BCUT2D eigenvalue weighted by Gasteiger charge is 2.02. The summed E-state index contributed by atoms with van der Waals surface area (Å²) < 4.78 is 0. The molecule has 0 aliphatic carbocycles. The van der Waals surface area contributed by atoms with Crippen LogP contribution in [0, 0.1) is 0 Å². The Hall–Kier alpha value is -1.77. The highest BCUT2D eigenvalue weighted by Crippen LogP contribution is 2.18. The van der Waals surface area contributed by atoms with E-state index in [2.05, 4.69) is 40.6 Å². The first-order chi connectivity index (χ1) is 8.40. The molecule has 0 atom stereocenters. The van der Waals surface area contributed by atoms with Gasteiger partial charge in [-0.05, 0) is 6.42 Å². The van der Waals surface area contributed by atoms with Gasteiger partial charge in [0.25, 0.3) is 0 Å². The molecule has 1 aromatic heterocycles. The molecule has 3 nitrogen and oxygen atoms in total. The molecule has 3 heteroatoms. The predicted molar refractivity (Wildman–Crippen MR) is 72.0 cm³/mol. The molecule has 0 saturated carbocycles. The second-order valence-corrected chi connectivity index (χ2v) is 4.17. The van der Waals surface area contributed by atoms with Gasteiger partial charge in [-0.3, -0.25) is 5.10 Å². The smallest absolute Gasteiger partial charge is 0.122 e. The zero-order chi connectivity index (χ0) is 11.9. The van der Waals surface area contributed by atoms with Gasteiger partial charge < -0.3 is 5.32 Å². The van der Waals surface area contributed by atoms with Crippen LogP contribution in [0.5, 0.6) is 0 Å². The van der Waals surface area contributed by atoms with Gasteiger partial charge in [0.1, 0.15) is 5.82 Å². The maximum absolute atomic E-state index is 4.30. The zero-order valence-electron chi connectivity index (χ0n) is 10.2. The lowest BCUT2D eigenvalue weighted by molar-refractivity contribution is 0.742. The molecule has 0 saturated heterocycles. The van der Waals surface area contributed by atoms with E-state index in [1.165, 1.54) is 19.3 Å². The van der Waals surface area contributed by atoms with Crippen molar-refractivity contribution in [2.24, 2.45) is 0 Å². The summed E-state index contributed by atoms with van der Waals surface area (Å²) in [6.07, 6.45) is 3.72. The minimum atomic E-state index is 0.989. The van der Waals surface area contributed by atoms with E-state index in [9.17, 15) is 0 Å². The summed E-state index contributed by atoms with van der Waals surface area (Å²) in [7, 11) is 0. The van der Waals surface area contributed by atoms with Gasteiger partial charge in [0.15, 0.2) is 0 Å². The Morgan fingerprint density at radius 2 is 2.00 bits per heavy atom. The first-order valence-corrected chi connectivity index (χ1v) is 6.25. The Labute approximate surface area is 102 Å². The number of anilines is 1. The predicted octanol–water partition coefficient (Wildman–Crippen LogP) is 3.68. The van der Waals surface area contributed by atoms with Crippen LogP contribution in [0.2, 0.25) is 0 Å². The Morgan fingerprint density at radius 3 is 2.76 bits per heavy atom. The van der Waals surface area contributed by atoms with Gasteiger partial charge in [0.05, 0.1) is 5.69 Å². The minimum absolute atomic E-state index is 0.989. The molecule has 0 spiro atoms. The van der Waals surface area contributed by atoms with Crippen LogP contribution >= 0.6 is 0 Å². The highest BCUT2D eigenvalue weighted by atomic mass is 15.2. The largest absolute Gasteiger partial charge is 0.370 e. The minimum Gasteiger partial charge on any atom is -0.370 e. The molecule has 2 rings (SSSR count). The lowest BCUT2D eigenvalue weighted by Gasteiger charge is -2.01. The molecule has 1 heterocycles. The fourth-order valence-electron chi connectivity index (χ4n) is 1.77. The van der Waals surface area contributed by atoms with Crippen LogP contribution in [0.1, 0.15) is 26.2 Å². The lowest BCUT2D eigenvalue weighted by atomic mass is 10.1. The van der Waals surface area contributed by atoms with Gasteiger partial charge in [-0.15, -0.1) is 0 Å². The first-order valence-electron chi connectivity index (χ1n) is 6.25. The number of nitrogens with zero attached hydrogens (tertiary/aromatic N) is 1. The normalized spacial score (nSPS) is 10.4. The molecule has 0 radical (unpaired) electrons. The van der Waals surface area contributed by atoms with Gasteiger partial charge in [0, 0.05) is 18.2 Å². The number of benzene rings is 1. The second-order valence-electron chi connectivity index (χ2n) is 4.17. The van der Waals surface area contributed by atoms with Crippen LogP contribution in [0.15, 0.2) is 36.4 Å². The number of hydrogen-bond donors (Lipinski definition) is 2. The second kappa shape index (κ2) is 6.09. The van der Waals surface area contributed by atoms with E-state index in [-0.39, 0.29) is 0 Å². The van der Waals surface area contributed by atoms with Crippen LogP contribution in [0.25, 0.3) is 11.3 Å². The van der Waals surface area contributed by atoms with Gasteiger partial charge >= 0.3 is 0 Å². The van der Waals surface area contributed by atoms with Crippen molar-refractivity contribution in [3.05, 3.63) is 36.4 Å². The van der Waals surface area contributed by atoms with E-state index in [0.29, 0.717) is 0 Å². The van der Waals surface area contributed by atoms with Crippen molar-refractivity contribution in [3.63, 3.8) is 0 Å². The van der Waals surface area contributed by atoms with Crippen molar-refractivity contribution in [2.75, 3.05) is 11.9 Å². The summed E-state index contributed by atoms with van der Waals surface area (Å²) in [4.78, 5) is 0. The number of rotatable bonds is 6. The summed E-state index contributed by atoms with van der Waals surface area (Å²) in [5.41, 5.74) is 2.13. The molecule has 0 fully saturated rings. The maximum Gasteiger partial charge on any atom is 0.122 e. The van der Waals surface area contributed by atoms with Gasteiger partial charge in [-0.1, -0.05) is 50.1 Å². The lowest BCUT2D eigenvalue weighted by Crippen LogP contribution is -2.01. The molecule has 2 N–H and O–H groups in total. The average molecular weight is 229 g/mol. The fraction of sp³-hybridized carbons (Fsp3) is 0.357. The van der Waals surface area contributed by atoms with Crippen molar-refractivity contribution in [1.82, 2.24) is 10.2 Å². The summed E-state index contributed by atoms with van der Waals surface area (Å²) in [6, 6.07) is 12.3. The van der Waals surface area contributed by atoms with Gasteiger partial charge in [-0.2, -0.15) is 5.10 Å². The third kappa shape index (κ3) is 3.34. The van der Waals surface area contributed by atoms with Crippen molar-refractivity contribution < 1.29 is 0 Å². The summed E-state index contributed by atoms with van der Waals surface area (Å²) in [5, 5.41) is 10.7. The monoisotopic (exact) mass is 229 g/mol. The molecule has 0 aliphatic rings. The average Bonchev–Trinajstić information content (AvgIpc) is 2.85. The van der Waals surface area contributed by atoms with Crippen LogP contribution in [-0.2, 0) is 0 Å². The first kappa shape index (κ1) is 11.7.